The van der Waals surface area contributed by atoms with Crippen molar-refractivity contribution in [3.05, 3.63) is 29.3 Å². The van der Waals surface area contributed by atoms with Gasteiger partial charge in [0.05, 0.1) is 12.2 Å². The second-order valence-corrected chi connectivity index (χ2v) is 5.19. The normalized spacial score (nSPS) is 16.8. The van der Waals surface area contributed by atoms with E-state index in [2.05, 4.69) is 0 Å². The molecule has 0 atom stereocenters. The molecule has 5 heteroatoms. The molecule has 0 N–H and O–H groups in total. The van der Waals surface area contributed by atoms with Gasteiger partial charge in [0.2, 0.25) is 0 Å². The Morgan fingerprint density at radius 2 is 1.89 bits per heavy atom. The minimum atomic E-state index is -4.41. The van der Waals surface area contributed by atoms with Gasteiger partial charge >= 0.3 is 6.18 Å². The van der Waals surface area contributed by atoms with Crippen LogP contribution in [0.1, 0.15) is 36.8 Å². The highest BCUT2D eigenvalue weighted by Crippen LogP contribution is 2.37. The number of hydrogen-bond donors (Lipinski definition) is 0. The van der Waals surface area contributed by atoms with Gasteiger partial charge in [-0.3, -0.25) is 0 Å². The predicted octanol–water partition coefficient (Wildman–Crippen LogP) is 5.01. The predicted molar refractivity (Wildman–Crippen MR) is 68.5 cm³/mol. The SMILES string of the molecule is FC(F)(F)c1cc(CCl)ccc1OCC1CCCC1. The Labute approximate surface area is 115 Å². The number of rotatable bonds is 4. The van der Waals surface area contributed by atoms with Gasteiger partial charge in [0.1, 0.15) is 5.75 Å². The maximum absolute atomic E-state index is 12.9. The Morgan fingerprint density at radius 3 is 2.47 bits per heavy atom. The lowest BCUT2D eigenvalue weighted by Gasteiger charge is -2.17. The second kappa shape index (κ2) is 6.04. The fourth-order valence-electron chi connectivity index (χ4n) is 2.39. The molecule has 0 bridgehead atoms. The molecule has 106 valence electrons. The van der Waals surface area contributed by atoms with Crippen molar-refractivity contribution in [2.75, 3.05) is 6.61 Å². The lowest BCUT2D eigenvalue weighted by molar-refractivity contribution is -0.139. The number of hydrogen-bond acceptors (Lipinski definition) is 1. The molecular weight excluding hydrogens is 277 g/mol. The first-order valence-electron chi connectivity index (χ1n) is 6.39. The van der Waals surface area contributed by atoms with E-state index in [1.165, 1.54) is 6.07 Å². The van der Waals surface area contributed by atoms with Crippen LogP contribution in [0.15, 0.2) is 18.2 Å². The third-order valence-electron chi connectivity index (χ3n) is 3.45. The highest BCUT2D eigenvalue weighted by Gasteiger charge is 2.34. The quantitative estimate of drug-likeness (QED) is 0.709. The van der Waals surface area contributed by atoms with Gasteiger partial charge in [-0.2, -0.15) is 13.2 Å². The molecular formula is C14H16ClF3O. The topological polar surface area (TPSA) is 9.23 Å². The van der Waals surface area contributed by atoms with Gasteiger partial charge < -0.3 is 4.74 Å². The van der Waals surface area contributed by atoms with E-state index in [4.69, 9.17) is 16.3 Å². The van der Waals surface area contributed by atoms with Crippen LogP contribution in [0.3, 0.4) is 0 Å². The van der Waals surface area contributed by atoms with Crippen LogP contribution >= 0.6 is 11.6 Å². The van der Waals surface area contributed by atoms with E-state index in [9.17, 15) is 13.2 Å². The first-order valence-corrected chi connectivity index (χ1v) is 6.93. The van der Waals surface area contributed by atoms with Crippen molar-refractivity contribution in [3.8, 4) is 5.75 Å². The van der Waals surface area contributed by atoms with Crippen molar-refractivity contribution in [2.24, 2.45) is 5.92 Å². The Kier molecular flexibility index (Phi) is 4.61. The lowest BCUT2D eigenvalue weighted by atomic mass is 10.1. The molecule has 1 aromatic carbocycles. The molecule has 0 spiro atoms. The number of alkyl halides is 4. The third-order valence-corrected chi connectivity index (χ3v) is 3.76. The van der Waals surface area contributed by atoms with E-state index < -0.39 is 11.7 Å². The minimum absolute atomic E-state index is 0.0615. The molecule has 0 saturated heterocycles. The molecule has 0 unspecified atom stereocenters. The van der Waals surface area contributed by atoms with Crippen molar-refractivity contribution in [2.45, 2.75) is 37.7 Å². The zero-order chi connectivity index (χ0) is 13.9. The molecule has 0 amide bonds. The van der Waals surface area contributed by atoms with Crippen LogP contribution in [0.2, 0.25) is 0 Å². The zero-order valence-corrected chi connectivity index (χ0v) is 11.2. The summed E-state index contributed by atoms with van der Waals surface area (Å²) in [7, 11) is 0. The van der Waals surface area contributed by atoms with Crippen LogP contribution in [0.5, 0.6) is 5.75 Å². The summed E-state index contributed by atoms with van der Waals surface area (Å²) in [4.78, 5) is 0. The summed E-state index contributed by atoms with van der Waals surface area (Å²) >= 11 is 5.57. The molecule has 1 aliphatic rings. The molecule has 1 fully saturated rings. The summed E-state index contributed by atoms with van der Waals surface area (Å²) in [6.45, 7) is 0.364. The molecule has 0 radical (unpaired) electrons. The first-order chi connectivity index (χ1) is 9.00. The summed E-state index contributed by atoms with van der Waals surface area (Å²) in [5, 5.41) is 0. The molecule has 0 aromatic heterocycles. The van der Waals surface area contributed by atoms with Crippen LogP contribution in [-0.2, 0) is 12.1 Å². The summed E-state index contributed by atoms with van der Waals surface area (Å²) in [6.07, 6.45) is -0.0357. The van der Waals surface area contributed by atoms with Crippen LogP contribution in [0, 0.1) is 5.92 Å². The van der Waals surface area contributed by atoms with E-state index in [0.29, 0.717) is 18.1 Å². The Hall–Kier alpha value is -0.900. The van der Waals surface area contributed by atoms with Crippen molar-refractivity contribution in [1.82, 2.24) is 0 Å². The summed E-state index contributed by atoms with van der Waals surface area (Å²) < 4.78 is 44.2. The standard InChI is InChI=1S/C14H16ClF3O/c15-8-11-5-6-13(12(7-11)14(16,17)18)19-9-10-3-1-2-4-10/h5-7,10H,1-4,8-9H2. The van der Waals surface area contributed by atoms with Gasteiger partial charge in [0.25, 0.3) is 0 Å². The van der Waals surface area contributed by atoms with Gasteiger partial charge in [0, 0.05) is 5.88 Å². The smallest absolute Gasteiger partial charge is 0.419 e. The van der Waals surface area contributed by atoms with Gasteiger partial charge in [-0.15, -0.1) is 11.6 Å². The maximum atomic E-state index is 12.9. The minimum Gasteiger partial charge on any atom is -0.493 e. The van der Waals surface area contributed by atoms with E-state index >= 15 is 0 Å². The molecule has 1 nitrogen and oxygen atoms in total. The fourth-order valence-corrected chi connectivity index (χ4v) is 2.56. The number of benzene rings is 1. The molecule has 2 rings (SSSR count). The fraction of sp³-hybridized carbons (Fsp3) is 0.571. The van der Waals surface area contributed by atoms with Gasteiger partial charge in [-0.25, -0.2) is 0 Å². The van der Waals surface area contributed by atoms with Crippen LogP contribution in [0.25, 0.3) is 0 Å². The summed E-state index contributed by atoms with van der Waals surface area (Å²) in [6, 6.07) is 4.01. The Bertz CT molecular complexity index is 425. The molecule has 1 aliphatic carbocycles. The van der Waals surface area contributed by atoms with Crippen molar-refractivity contribution < 1.29 is 17.9 Å². The van der Waals surface area contributed by atoms with E-state index in [1.54, 1.807) is 6.07 Å². The summed E-state index contributed by atoms with van der Waals surface area (Å²) in [5.74, 6) is 0.355. The highest BCUT2D eigenvalue weighted by molar-refractivity contribution is 6.17. The monoisotopic (exact) mass is 292 g/mol. The van der Waals surface area contributed by atoms with E-state index in [0.717, 1.165) is 31.7 Å². The highest BCUT2D eigenvalue weighted by atomic mass is 35.5. The zero-order valence-electron chi connectivity index (χ0n) is 10.5. The number of ether oxygens (including phenoxy) is 1. The Morgan fingerprint density at radius 1 is 1.21 bits per heavy atom. The molecule has 0 aliphatic heterocycles. The number of halogens is 4. The van der Waals surface area contributed by atoms with Crippen LogP contribution in [-0.4, -0.2) is 6.61 Å². The average molecular weight is 293 g/mol. The first kappa shape index (κ1) is 14.5. The molecule has 1 aromatic rings. The van der Waals surface area contributed by atoms with Crippen molar-refractivity contribution >= 4 is 11.6 Å². The van der Waals surface area contributed by atoms with E-state index in [-0.39, 0.29) is 11.6 Å². The third kappa shape index (κ3) is 3.78. The lowest BCUT2D eigenvalue weighted by Crippen LogP contribution is -2.13. The average Bonchev–Trinajstić information content (AvgIpc) is 2.88. The van der Waals surface area contributed by atoms with Crippen molar-refractivity contribution in [3.63, 3.8) is 0 Å². The van der Waals surface area contributed by atoms with Gasteiger partial charge in [-0.1, -0.05) is 18.9 Å². The molecule has 19 heavy (non-hydrogen) atoms. The van der Waals surface area contributed by atoms with Gasteiger partial charge in [-0.05, 0) is 36.5 Å². The van der Waals surface area contributed by atoms with Crippen LogP contribution < -0.4 is 4.74 Å². The van der Waals surface area contributed by atoms with Crippen molar-refractivity contribution in [1.29, 1.82) is 0 Å². The second-order valence-electron chi connectivity index (χ2n) is 4.92. The summed E-state index contributed by atoms with van der Waals surface area (Å²) in [5.41, 5.74) is -0.286. The largest absolute Gasteiger partial charge is 0.493 e. The van der Waals surface area contributed by atoms with E-state index in [1.807, 2.05) is 0 Å². The molecule has 1 saturated carbocycles. The van der Waals surface area contributed by atoms with Crippen LogP contribution in [0.4, 0.5) is 13.2 Å². The maximum Gasteiger partial charge on any atom is 0.419 e. The van der Waals surface area contributed by atoms with Gasteiger partial charge in [0.15, 0.2) is 0 Å². The Balaban J connectivity index is 2.13. The molecule has 0 heterocycles.